The average Bonchev–Trinajstić information content (AvgIpc) is 3.31. The first-order chi connectivity index (χ1) is 16.2. The van der Waals surface area contributed by atoms with Crippen molar-refractivity contribution < 1.29 is 9.47 Å². The van der Waals surface area contributed by atoms with Crippen LogP contribution >= 0.6 is 0 Å². The summed E-state index contributed by atoms with van der Waals surface area (Å²) in [6.45, 7) is 9.84. The van der Waals surface area contributed by atoms with Crippen LogP contribution in [0.15, 0.2) is 72.8 Å². The Morgan fingerprint density at radius 3 is 2.00 bits per heavy atom. The van der Waals surface area contributed by atoms with E-state index in [1.807, 2.05) is 12.1 Å². The lowest BCUT2D eigenvalue weighted by molar-refractivity contribution is 0.118. The first kappa shape index (κ1) is 21.7. The molecule has 4 heteroatoms. The third-order valence-electron chi connectivity index (χ3n) is 6.63. The third-order valence-corrected chi connectivity index (χ3v) is 6.63. The molecular weight excluding hydrogens is 408 g/mol. The second kappa shape index (κ2) is 9.82. The first-order valence-corrected chi connectivity index (χ1v) is 11.8. The van der Waals surface area contributed by atoms with E-state index in [1.54, 1.807) is 0 Å². The number of ether oxygens (including phenoxy) is 2. The summed E-state index contributed by atoms with van der Waals surface area (Å²) >= 11 is 0. The van der Waals surface area contributed by atoms with Crippen molar-refractivity contribution in [2.45, 2.75) is 19.9 Å². The van der Waals surface area contributed by atoms with Crippen LogP contribution in [0, 0.1) is 13.8 Å². The molecule has 5 rings (SSSR count). The van der Waals surface area contributed by atoms with Crippen LogP contribution in [0.5, 0.6) is 11.5 Å². The predicted octanol–water partition coefficient (Wildman–Crippen LogP) is 5.45. The van der Waals surface area contributed by atoms with Crippen molar-refractivity contribution in [2.24, 2.45) is 0 Å². The monoisotopic (exact) mass is 440 g/mol. The van der Waals surface area contributed by atoms with Crippen LogP contribution in [0.2, 0.25) is 0 Å². The van der Waals surface area contributed by atoms with E-state index in [1.165, 1.54) is 22.3 Å². The Kier molecular flexibility index (Phi) is 6.47. The van der Waals surface area contributed by atoms with Crippen molar-refractivity contribution in [3.8, 4) is 11.5 Å². The largest absolute Gasteiger partial charge is 0.454 e. The molecule has 2 aliphatic heterocycles. The van der Waals surface area contributed by atoms with E-state index >= 15 is 0 Å². The van der Waals surface area contributed by atoms with Gasteiger partial charge in [-0.2, -0.15) is 0 Å². The van der Waals surface area contributed by atoms with Gasteiger partial charge >= 0.3 is 0 Å². The van der Waals surface area contributed by atoms with E-state index in [9.17, 15) is 0 Å². The molecule has 0 spiro atoms. The Hall–Kier alpha value is -3.08. The summed E-state index contributed by atoms with van der Waals surface area (Å²) in [5.41, 5.74) is 6.51. The van der Waals surface area contributed by atoms with Crippen molar-refractivity contribution >= 4 is 6.08 Å². The molecule has 0 saturated carbocycles. The molecule has 0 aliphatic carbocycles. The topological polar surface area (TPSA) is 24.9 Å². The second-order valence-corrected chi connectivity index (χ2v) is 9.08. The average molecular weight is 441 g/mol. The van der Waals surface area contributed by atoms with Gasteiger partial charge in [0.15, 0.2) is 11.5 Å². The summed E-state index contributed by atoms with van der Waals surface area (Å²) in [5.74, 6) is 1.67. The van der Waals surface area contributed by atoms with Crippen LogP contribution in [0.4, 0.5) is 0 Å². The fraction of sp³-hybridized carbons (Fsp3) is 0.310. The summed E-state index contributed by atoms with van der Waals surface area (Å²) in [5, 5.41) is 0. The molecule has 1 fully saturated rings. The number of hydrogen-bond acceptors (Lipinski definition) is 4. The summed E-state index contributed by atoms with van der Waals surface area (Å²) in [6, 6.07) is 24.5. The highest BCUT2D eigenvalue weighted by Crippen LogP contribution is 2.33. The van der Waals surface area contributed by atoms with E-state index in [0.29, 0.717) is 12.8 Å². The van der Waals surface area contributed by atoms with E-state index in [2.05, 4.69) is 90.4 Å². The Morgan fingerprint density at radius 1 is 0.758 bits per heavy atom. The highest BCUT2D eigenvalue weighted by molar-refractivity contribution is 5.56. The number of benzene rings is 3. The Bertz CT molecular complexity index is 1050. The minimum atomic E-state index is 0.303. The van der Waals surface area contributed by atoms with Crippen LogP contribution in [-0.2, 0) is 0 Å². The SMILES string of the molecule is Cc1ccc(C(c2ccc(C)cc2)N2CCN(C/C=C/c3ccc4c(c3)OCO4)CC2)cc1. The number of hydrogen-bond donors (Lipinski definition) is 0. The van der Waals surface area contributed by atoms with E-state index < -0.39 is 0 Å². The molecule has 0 N–H and O–H groups in total. The Labute approximate surface area is 197 Å². The van der Waals surface area contributed by atoms with Crippen LogP contribution in [0.25, 0.3) is 6.08 Å². The molecule has 4 nitrogen and oxygen atoms in total. The first-order valence-electron chi connectivity index (χ1n) is 11.8. The summed E-state index contributed by atoms with van der Waals surface area (Å²) < 4.78 is 10.9. The van der Waals surface area contributed by atoms with Gasteiger partial charge in [-0.3, -0.25) is 9.80 Å². The molecular formula is C29H32N2O2. The summed E-state index contributed by atoms with van der Waals surface area (Å²) in [7, 11) is 0. The van der Waals surface area contributed by atoms with Gasteiger partial charge in [0.05, 0.1) is 6.04 Å². The van der Waals surface area contributed by atoms with Crippen LogP contribution < -0.4 is 9.47 Å². The maximum atomic E-state index is 5.48. The number of rotatable bonds is 6. The molecule has 0 atom stereocenters. The minimum Gasteiger partial charge on any atom is -0.454 e. The second-order valence-electron chi connectivity index (χ2n) is 9.08. The zero-order chi connectivity index (χ0) is 22.6. The maximum absolute atomic E-state index is 5.48. The lowest BCUT2D eigenvalue weighted by atomic mass is 9.95. The van der Waals surface area contributed by atoms with E-state index in [-0.39, 0.29) is 0 Å². The number of nitrogens with zero attached hydrogens (tertiary/aromatic N) is 2. The lowest BCUT2D eigenvalue weighted by Crippen LogP contribution is -2.47. The highest BCUT2D eigenvalue weighted by atomic mass is 16.7. The minimum absolute atomic E-state index is 0.303. The van der Waals surface area contributed by atoms with Gasteiger partial charge in [-0.15, -0.1) is 0 Å². The van der Waals surface area contributed by atoms with Crippen molar-refractivity contribution in [1.29, 1.82) is 0 Å². The maximum Gasteiger partial charge on any atom is 0.231 e. The number of aryl methyl sites for hydroxylation is 2. The van der Waals surface area contributed by atoms with Gasteiger partial charge in [0, 0.05) is 32.7 Å². The molecule has 0 amide bonds. The van der Waals surface area contributed by atoms with Gasteiger partial charge < -0.3 is 9.47 Å². The van der Waals surface area contributed by atoms with Crippen LogP contribution in [0.3, 0.4) is 0 Å². The van der Waals surface area contributed by atoms with Gasteiger partial charge in [0.2, 0.25) is 6.79 Å². The molecule has 0 radical (unpaired) electrons. The van der Waals surface area contributed by atoms with Crippen molar-refractivity contribution in [3.05, 3.63) is 101 Å². The molecule has 0 unspecified atom stereocenters. The van der Waals surface area contributed by atoms with Crippen LogP contribution in [-0.4, -0.2) is 49.3 Å². The zero-order valence-electron chi connectivity index (χ0n) is 19.5. The van der Waals surface area contributed by atoms with Crippen molar-refractivity contribution in [1.82, 2.24) is 9.80 Å². The quantitative estimate of drug-likeness (QED) is 0.509. The zero-order valence-corrected chi connectivity index (χ0v) is 19.5. The lowest BCUT2D eigenvalue weighted by Gasteiger charge is -2.39. The summed E-state index contributed by atoms with van der Waals surface area (Å²) in [6.07, 6.45) is 4.43. The number of fused-ring (bicyclic) bond motifs is 1. The number of piperazine rings is 1. The molecule has 3 aromatic rings. The predicted molar refractivity (Wildman–Crippen MR) is 134 cm³/mol. The van der Waals surface area contributed by atoms with E-state index in [0.717, 1.165) is 49.8 Å². The third kappa shape index (κ3) is 5.13. The summed E-state index contributed by atoms with van der Waals surface area (Å²) in [4.78, 5) is 5.16. The van der Waals surface area contributed by atoms with E-state index in [4.69, 9.17) is 9.47 Å². The van der Waals surface area contributed by atoms with Gasteiger partial charge in [0.25, 0.3) is 0 Å². The fourth-order valence-electron chi connectivity index (χ4n) is 4.67. The van der Waals surface area contributed by atoms with Crippen molar-refractivity contribution in [3.63, 3.8) is 0 Å². The fourth-order valence-corrected chi connectivity index (χ4v) is 4.67. The molecule has 0 bridgehead atoms. The highest BCUT2D eigenvalue weighted by Gasteiger charge is 2.26. The molecule has 3 aromatic carbocycles. The Morgan fingerprint density at radius 2 is 1.36 bits per heavy atom. The molecule has 33 heavy (non-hydrogen) atoms. The normalized spacial score (nSPS) is 16.7. The Balaban J connectivity index is 1.23. The van der Waals surface area contributed by atoms with Crippen LogP contribution in [0.1, 0.15) is 33.9 Å². The smallest absolute Gasteiger partial charge is 0.231 e. The molecule has 0 aromatic heterocycles. The molecule has 2 aliphatic rings. The van der Waals surface area contributed by atoms with Crippen molar-refractivity contribution in [2.75, 3.05) is 39.5 Å². The molecule has 2 heterocycles. The van der Waals surface area contributed by atoms with Gasteiger partial charge in [0.1, 0.15) is 0 Å². The molecule has 1 saturated heterocycles. The standard InChI is InChI=1S/C29H32N2O2/c1-22-5-10-25(11-6-22)29(26-12-7-23(2)8-13-26)31-18-16-30(17-19-31)15-3-4-24-9-14-27-28(20-24)33-21-32-27/h3-14,20,29H,15-19,21H2,1-2H3/b4-3+. The van der Waals surface area contributed by atoms with Gasteiger partial charge in [-0.05, 0) is 42.7 Å². The van der Waals surface area contributed by atoms with Gasteiger partial charge in [-0.1, -0.05) is 77.9 Å². The van der Waals surface area contributed by atoms with Gasteiger partial charge in [-0.25, -0.2) is 0 Å². The molecule has 170 valence electrons.